The third-order valence-electron chi connectivity index (χ3n) is 3.17. The van der Waals surface area contributed by atoms with Gasteiger partial charge in [-0.2, -0.15) is 5.10 Å². The summed E-state index contributed by atoms with van der Waals surface area (Å²) in [4.78, 5) is 36.2. The first-order chi connectivity index (χ1) is 11.8. The van der Waals surface area contributed by atoms with Crippen LogP contribution in [-0.2, 0) is 16.1 Å². The number of ether oxygens (including phenoxy) is 1. The zero-order chi connectivity index (χ0) is 18.6. The molecule has 2 rings (SSSR count). The second-order valence-electron chi connectivity index (χ2n) is 5.16. The van der Waals surface area contributed by atoms with E-state index in [1.54, 1.807) is 6.92 Å². The van der Waals surface area contributed by atoms with Crippen molar-refractivity contribution in [1.29, 1.82) is 0 Å². The first kappa shape index (κ1) is 18.9. The third-order valence-corrected chi connectivity index (χ3v) is 4.59. The summed E-state index contributed by atoms with van der Waals surface area (Å²) in [6.45, 7) is 3.58. The number of carbonyl (C=O) groups is 3. The Morgan fingerprint density at radius 2 is 2.16 bits per heavy atom. The molecule has 0 saturated carbocycles. The lowest BCUT2D eigenvalue weighted by molar-refractivity contribution is -0.116. The highest BCUT2D eigenvalue weighted by atomic mass is 35.5. The van der Waals surface area contributed by atoms with Gasteiger partial charge in [-0.3, -0.25) is 14.3 Å². The molecule has 0 unspecified atom stereocenters. The van der Waals surface area contributed by atoms with Crippen LogP contribution < -0.4 is 11.1 Å². The van der Waals surface area contributed by atoms with Crippen molar-refractivity contribution >= 4 is 45.7 Å². The molecule has 8 nitrogen and oxygen atoms in total. The summed E-state index contributed by atoms with van der Waals surface area (Å²) in [5.41, 5.74) is 5.86. The maximum absolute atomic E-state index is 12.3. The molecule has 0 saturated heterocycles. The van der Waals surface area contributed by atoms with E-state index in [0.29, 0.717) is 17.0 Å². The molecule has 0 aliphatic rings. The van der Waals surface area contributed by atoms with E-state index in [0.717, 1.165) is 11.3 Å². The molecule has 10 heteroatoms. The first-order valence-electron chi connectivity index (χ1n) is 7.41. The van der Waals surface area contributed by atoms with Gasteiger partial charge >= 0.3 is 5.97 Å². The maximum atomic E-state index is 12.3. The fourth-order valence-electron chi connectivity index (χ4n) is 2.09. The summed E-state index contributed by atoms with van der Waals surface area (Å²) in [6.07, 6.45) is 3.55. The van der Waals surface area contributed by atoms with E-state index < -0.39 is 17.8 Å². The van der Waals surface area contributed by atoms with Crippen molar-refractivity contribution in [3.05, 3.63) is 33.4 Å². The number of hydrogen-bond acceptors (Lipinski definition) is 6. The van der Waals surface area contributed by atoms with Gasteiger partial charge in [-0.1, -0.05) is 18.5 Å². The second-order valence-corrected chi connectivity index (χ2v) is 6.62. The van der Waals surface area contributed by atoms with Gasteiger partial charge in [0.2, 0.25) is 5.91 Å². The fourth-order valence-corrected chi connectivity index (χ4v) is 3.31. The molecule has 2 aromatic heterocycles. The summed E-state index contributed by atoms with van der Waals surface area (Å²) in [5, 5.41) is 7.14. The molecule has 0 aliphatic carbocycles. The topological polar surface area (TPSA) is 116 Å². The van der Waals surface area contributed by atoms with Crippen LogP contribution in [0.15, 0.2) is 12.4 Å². The Balaban J connectivity index is 2.25. The molecule has 0 atom stereocenters. The van der Waals surface area contributed by atoms with Crippen LogP contribution in [-0.4, -0.2) is 34.2 Å². The van der Waals surface area contributed by atoms with E-state index in [4.69, 9.17) is 22.1 Å². The van der Waals surface area contributed by atoms with Crippen LogP contribution in [0.2, 0.25) is 5.02 Å². The number of nitrogens with zero attached hydrogens (tertiary/aromatic N) is 2. The predicted molar refractivity (Wildman–Crippen MR) is 94.0 cm³/mol. The Morgan fingerprint density at radius 3 is 2.72 bits per heavy atom. The Morgan fingerprint density at radius 1 is 1.44 bits per heavy atom. The molecule has 2 aromatic rings. The van der Waals surface area contributed by atoms with Crippen molar-refractivity contribution in [3.8, 4) is 0 Å². The number of nitrogens with one attached hydrogen (secondary N) is 1. The van der Waals surface area contributed by atoms with E-state index in [-0.39, 0.29) is 28.6 Å². The highest BCUT2D eigenvalue weighted by Crippen LogP contribution is 2.33. The fraction of sp³-hybridized carbons (Fsp3) is 0.333. The van der Waals surface area contributed by atoms with E-state index in [1.165, 1.54) is 17.1 Å². The lowest BCUT2D eigenvalue weighted by Gasteiger charge is -2.07. The van der Waals surface area contributed by atoms with Gasteiger partial charge in [0.1, 0.15) is 11.5 Å². The van der Waals surface area contributed by atoms with Crippen LogP contribution in [0.1, 0.15) is 38.9 Å². The molecule has 2 amide bonds. The number of esters is 1. The monoisotopic (exact) mass is 384 g/mol. The maximum Gasteiger partial charge on any atom is 0.341 e. The minimum atomic E-state index is -0.675. The molecule has 0 bridgehead atoms. The molecule has 0 spiro atoms. The lowest BCUT2D eigenvalue weighted by atomic mass is 10.1. The van der Waals surface area contributed by atoms with Crippen molar-refractivity contribution in [3.63, 3.8) is 0 Å². The molecule has 3 N–H and O–H groups in total. The van der Waals surface area contributed by atoms with Crippen LogP contribution in [0.3, 0.4) is 0 Å². The first-order valence-corrected chi connectivity index (χ1v) is 8.61. The summed E-state index contributed by atoms with van der Waals surface area (Å²) >= 11 is 6.69. The standard InChI is InChI=1S/C15H17ClN4O4S/c1-3-4-24-15(23)11-8(2)12(13(17)22)25-14(11)19-10(21)7-20-6-9(16)5-18-20/h5-6H,3-4,7H2,1-2H3,(H2,17,22)(H,19,21). The van der Waals surface area contributed by atoms with Crippen molar-refractivity contribution in [2.45, 2.75) is 26.8 Å². The average molecular weight is 385 g/mol. The van der Waals surface area contributed by atoms with Crippen molar-refractivity contribution in [2.75, 3.05) is 11.9 Å². The van der Waals surface area contributed by atoms with E-state index in [1.807, 2.05) is 6.92 Å². The Hall–Kier alpha value is -2.39. The number of nitrogens with two attached hydrogens (primary N) is 1. The van der Waals surface area contributed by atoms with Crippen LogP contribution in [0.5, 0.6) is 0 Å². The number of carbonyl (C=O) groups excluding carboxylic acids is 3. The summed E-state index contributed by atoms with van der Waals surface area (Å²) in [5.74, 6) is -1.71. The quantitative estimate of drug-likeness (QED) is 0.710. The number of halogens is 1. The van der Waals surface area contributed by atoms with Crippen LogP contribution >= 0.6 is 22.9 Å². The van der Waals surface area contributed by atoms with Gasteiger partial charge in [-0.05, 0) is 18.9 Å². The smallest absolute Gasteiger partial charge is 0.341 e. The SMILES string of the molecule is CCCOC(=O)c1c(NC(=O)Cn2cc(Cl)cn2)sc(C(N)=O)c1C. The molecule has 0 aliphatic heterocycles. The Labute approximate surface area is 152 Å². The van der Waals surface area contributed by atoms with Crippen molar-refractivity contribution in [1.82, 2.24) is 9.78 Å². The third kappa shape index (κ3) is 4.58. The number of anilines is 1. The molecule has 25 heavy (non-hydrogen) atoms. The zero-order valence-corrected chi connectivity index (χ0v) is 15.2. The largest absolute Gasteiger partial charge is 0.462 e. The minimum Gasteiger partial charge on any atom is -0.462 e. The summed E-state index contributed by atoms with van der Waals surface area (Å²) in [7, 11) is 0. The zero-order valence-electron chi connectivity index (χ0n) is 13.7. The summed E-state index contributed by atoms with van der Waals surface area (Å²) < 4.78 is 6.47. The molecule has 0 fully saturated rings. The van der Waals surface area contributed by atoms with Gasteiger partial charge in [0, 0.05) is 6.20 Å². The molecule has 2 heterocycles. The van der Waals surface area contributed by atoms with Crippen LogP contribution in [0.4, 0.5) is 5.00 Å². The predicted octanol–water partition coefficient (Wildman–Crippen LogP) is 2.21. The molecule has 0 aromatic carbocycles. The highest BCUT2D eigenvalue weighted by molar-refractivity contribution is 7.18. The number of hydrogen-bond donors (Lipinski definition) is 2. The van der Waals surface area contributed by atoms with E-state index >= 15 is 0 Å². The van der Waals surface area contributed by atoms with Crippen molar-refractivity contribution < 1.29 is 19.1 Å². The highest BCUT2D eigenvalue weighted by Gasteiger charge is 2.25. The number of thiophene rings is 1. The Bertz CT molecular complexity index is 815. The summed E-state index contributed by atoms with van der Waals surface area (Å²) in [6, 6.07) is 0. The number of rotatable bonds is 7. The number of primary amides is 1. The average Bonchev–Trinajstić information content (AvgIpc) is 3.08. The van der Waals surface area contributed by atoms with E-state index in [9.17, 15) is 14.4 Å². The number of aromatic nitrogens is 2. The van der Waals surface area contributed by atoms with Gasteiger partial charge in [0.15, 0.2) is 0 Å². The molecular formula is C15H17ClN4O4S. The van der Waals surface area contributed by atoms with Gasteiger partial charge < -0.3 is 15.8 Å². The van der Waals surface area contributed by atoms with Crippen LogP contribution in [0.25, 0.3) is 0 Å². The van der Waals surface area contributed by atoms with Crippen molar-refractivity contribution in [2.24, 2.45) is 5.73 Å². The Kier molecular flexibility index (Phi) is 6.16. The van der Waals surface area contributed by atoms with Gasteiger partial charge in [0.25, 0.3) is 5.91 Å². The van der Waals surface area contributed by atoms with Gasteiger partial charge in [-0.25, -0.2) is 4.79 Å². The second kappa shape index (κ2) is 8.13. The lowest BCUT2D eigenvalue weighted by Crippen LogP contribution is -2.20. The molecular weight excluding hydrogens is 368 g/mol. The van der Waals surface area contributed by atoms with Gasteiger partial charge in [0.05, 0.1) is 28.3 Å². The number of amides is 2. The van der Waals surface area contributed by atoms with Crippen LogP contribution in [0, 0.1) is 6.92 Å². The minimum absolute atomic E-state index is 0.0982. The molecule has 0 radical (unpaired) electrons. The van der Waals surface area contributed by atoms with E-state index in [2.05, 4.69) is 10.4 Å². The molecule has 134 valence electrons. The normalized spacial score (nSPS) is 10.5. The van der Waals surface area contributed by atoms with Gasteiger partial charge in [-0.15, -0.1) is 11.3 Å².